The maximum Gasteiger partial charge on any atom is 0.213 e. The number of guanidine groups is 1. The monoisotopic (exact) mass is 410 g/mol. The predicted octanol–water partition coefficient (Wildman–Crippen LogP) is 4.13. The van der Waals surface area contributed by atoms with Gasteiger partial charge in [-0.25, -0.2) is 9.98 Å². The number of pyridine rings is 1. The molecule has 30 heavy (non-hydrogen) atoms. The van der Waals surface area contributed by atoms with Crippen molar-refractivity contribution < 1.29 is 14.2 Å². The Morgan fingerprint density at radius 2 is 1.93 bits per heavy atom. The Morgan fingerprint density at radius 1 is 1.13 bits per heavy atom. The Morgan fingerprint density at radius 3 is 2.77 bits per heavy atom. The Labute approximate surface area is 177 Å². The molecule has 0 atom stereocenters. The van der Waals surface area contributed by atoms with Gasteiger partial charge in [-0.05, 0) is 55.4 Å². The molecule has 0 radical (unpaired) electrons. The van der Waals surface area contributed by atoms with Crippen molar-refractivity contribution in [3.63, 3.8) is 0 Å². The molecule has 2 aliphatic rings. The lowest BCUT2D eigenvalue weighted by Gasteiger charge is -2.26. The number of rotatable bonds is 5. The van der Waals surface area contributed by atoms with Gasteiger partial charge < -0.3 is 25.3 Å². The number of nitrogens with two attached hydrogens (primary N) is 1. The molecule has 0 spiro atoms. The number of aliphatic imine (C=N–C) groups is 1. The number of hydrogen-bond acceptors (Lipinski definition) is 5. The number of ether oxygens (including phenoxy) is 3. The number of aromatic nitrogens is 1. The van der Waals surface area contributed by atoms with E-state index in [4.69, 9.17) is 19.9 Å². The number of fused-ring (bicyclic) bond motifs is 1. The molecule has 160 valence electrons. The molecule has 1 aromatic carbocycles. The maximum absolute atomic E-state index is 6.08. The zero-order valence-corrected chi connectivity index (χ0v) is 17.5. The average Bonchev–Trinajstić information content (AvgIpc) is 2.99. The third-order valence-electron chi connectivity index (χ3n) is 5.50. The van der Waals surface area contributed by atoms with Gasteiger partial charge in [-0.15, -0.1) is 0 Å². The third-order valence-corrected chi connectivity index (χ3v) is 5.50. The van der Waals surface area contributed by atoms with Gasteiger partial charge in [-0.3, -0.25) is 0 Å². The van der Waals surface area contributed by atoms with Crippen LogP contribution in [-0.4, -0.2) is 30.3 Å². The highest BCUT2D eigenvalue weighted by atomic mass is 16.5. The van der Waals surface area contributed by atoms with Gasteiger partial charge in [-0.1, -0.05) is 6.92 Å². The summed E-state index contributed by atoms with van der Waals surface area (Å²) in [6.45, 7) is 4.06. The summed E-state index contributed by atoms with van der Waals surface area (Å²) >= 11 is 0. The van der Waals surface area contributed by atoms with Crippen LogP contribution in [0.5, 0.6) is 17.4 Å². The summed E-state index contributed by atoms with van der Waals surface area (Å²) in [6, 6.07) is 9.54. The number of benzene rings is 1. The molecular weight excluding hydrogens is 380 g/mol. The molecule has 7 nitrogen and oxygen atoms in total. The van der Waals surface area contributed by atoms with Gasteiger partial charge in [0, 0.05) is 30.4 Å². The lowest BCUT2D eigenvalue weighted by atomic mass is 9.89. The molecule has 0 amide bonds. The van der Waals surface area contributed by atoms with E-state index in [0.29, 0.717) is 31.6 Å². The molecule has 0 saturated heterocycles. The normalized spacial score (nSPS) is 21.6. The average molecular weight is 411 g/mol. The number of anilines is 1. The SMILES string of the molecule is CC1CCC(Oc2cc(CN=C(N)Nc3ccc4c(c3)OCCCO4)ccn2)CC1. The van der Waals surface area contributed by atoms with Crippen molar-refractivity contribution >= 4 is 11.6 Å². The highest BCUT2D eigenvalue weighted by molar-refractivity contribution is 5.92. The van der Waals surface area contributed by atoms with Crippen molar-refractivity contribution in [1.82, 2.24) is 4.98 Å². The Hall–Kier alpha value is -2.96. The van der Waals surface area contributed by atoms with E-state index in [1.807, 2.05) is 30.3 Å². The quantitative estimate of drug-likeness (QED) is 0.569. The van der Waals surface area contributed by atoms with E-state index in [1.54, 1.807) is 6.20 Å². The second kappa shape index (κ2) is 9.69. The van der Waals surface area contributed by atoms with Crippen LogP contribution in [0.4, 0.5) is 5.69 Å². The fraction of sp³-hybridized carbons (Fsp3) is 0.478. The van der Waals surface area contributed by atoms with Crippen molar-refractivity contribution in [2.24, 2.45) is 16.6 Å². The van der Waals surface area contributed by atoms with Crippen molar-refractivity contribution in [3.8, 4) is 17.4 Å². The van der Waals surface area contributed by atoms with E-state index in [2.05, 4.69) is 22.2 Å². The molecular formula is C23H30N4O3. The summed E-state index contributed by atoms with van der Waals surface area (Å²) in [5.41, 5.74) is 7.90. The van der Waals surface area contributed by atoms with E-state index in [0.717, 1.165) is 47.9 Å². The number of nitrogens with zero attached hydrogens (tertiary/aromatic N) is 2. The van der Waals surface area contributed by atoms with Crippen LogP contribution in [0.1, 0.15) is 44.6 Å². The molecule has 1 fully saturated rings. The lowest BCUT2D eigenvalue weighted by Crippen LogP contribution is -2.23. The minimum atomic E-state index is 0.263. The van der Waals surface area contributed by atoms with Crippen LogP contribution in [0.2, 0.25) is 0 Å². The molecule has 3 N–H and O–H groups in total. The van der Waals surface area contributed by atoms with E-state index in [9.17, 15) is 0 Å². The molecule has 4 rings (SSSR count). The van der Waals surface area contributed by atoms with Crippen molar-refractivity contribution in [1.29, 1.82) is 0 Å². The fourth-order valence-corrected chi connectivity index (χ4v) is 3.74. The van der Waals surface area contributed by atoms with E-state index in [-0.39, 0.29) is 6.10 Å². The number of nitrogens with one attached hydrogen (secondary N) is 1. The van der Waals surface area contributed by atoms with Crippen LogP contribution in [0.3, 0.4) is 0 Å². The summed E-state index contributed by atoms with van der Waals surface area (Å²) in [7, 11) is 0. The van der Waals surface area contributed by atoms with Crippen molar-refractivity contribution in [2.75, 3.05) is 18.5 Å². The predicted molar refractivity (Wildman–Crippen MR) is 117 cm³/mol. The topological polar surface area (TPSA) is 91.0 Å². The summed E-state index contributed by atoms with van der Waals surface area (Å²) in [4.78, 5) is 8.80. The Kier molecular flexibility index (Phi) is 6.57. The van der Waals surface area contributed by atoms with Gasteiger partial charge in [-0.2, -0.15) is 0 Å². The second-order valence-corrected chi connectivity index (χ2v) is 8.04. The van der Waals surface area contributed by atoms with Crippen molar-refractivity contribution in [2.45, 2.75) is 51.7 Å². The standard InChI is InChI=1S/C23H30N4O3/c1-16-3-6-19(7-4-16)30-22-13-17(9-10-25-22)15-26-23(24)27-18-5-8-20-21(14-18)29-12-2-11-28-20/h5,8-10,13-14,16,19H,2-4,6-7,11-12,15H2,1H3,(H3,24,26,27). The largest absolute Gasteiger partial charge is 0.490 e. The number of hydrogen-bond donors (Lipinski definition) is 2. The molecule has 1 saturated carbocycles. The minimum Gasteiger partial charge on any atom is -0.490 e. The first-order chi connectivity index (χ1) is 14.7. The van der Waals surface area contributed by atoms with Gasteiger partial charge in [0.2, 0.25) is 5.88 Å². The molecule has 1 aliphatic heterocycles. The Balaban J connectivity index is 1.33. The van der Waals surface area contributed by atoms with E-state index in [1.165, 1.54) is 12.8 Å². The first-order valence-corrected chi connectivity index (χ1v) is 10.7. The molecule has 2 aromatic rings. The highest BCUT2D eigenvalue weighted by Gasteiger charge is 2.20. The van der Waals surface area contributed by atoms with Crippen LogP contribution in [0.25, 0.3) is 0 Å². The van der Waals surface area contributed by atoms with Gasteiger partial charge in [0.1, 0.15) is 6.10 Å². The summed E-state index contributed by atoms with van der Waals surface area (Å²) in [6.07, 6.45) is 7.53. The molecule has 2 heterocycles. The van der Waals surface area contributed by atoms with Crippen LogP contribution in [0.15, 0.2) is 41.5 Å². The van der Waals surface area contributed by atoms with Crippen LogP contribution in [0, 0.1) is 5.92 Å². The Bertz CT molecular complexity index is 879. The zero-order chi connectivity index (χ0) is 20.8. The zero-order valence-electron chi connectivity index (χ0n) is 17.5. The maximum atomic E-state index is 6.08. The van der Waals surface area contributed by atoms with E-state index < -0.39 is 0 Å². The van der Waals surface area contributed by atoms with Crippen LogP contribution < -0.4 is 25.3 Å². The van der Waals surface area contributed by atoms with Gasteiger partial charge in [0.05, 0.1) is 19.8 Å². The van der Waals surface area contributed by atoms with Gasteiger partial charge in [0.25, 0.3) is 0 Å². The molecule has 1 aliphatic carbocycles. The molecule has 0 unspecified atom stereocenters. The minimum absolute atomic E-state index is 0.263. The molecule has 1 aromatic heterocycles. The fourth-order valence-electron chi connectivity index (χ4n) is 3.74. The van der Waals surface area contributed by atoms with Crippen molar-refractivity contribution in [3.05, 3.63) is 42.1 Å². The van der Waals surface area contributed by atoms with E-state index >= 15 is 0 Å². The summed E-state index contributed by atoms with van der Waals surface area (Å²) in [5, 5.41) is 3.11. The van der Waals surface area contributed by atoms with Crippen LogP contribution in [-0.2, 0) is 6.54 Å². The second-order valence-electron chi connectivity index (χ2n) is 8.04. The first kappa shape index (κ1) is 20.3. The summed E-state index contributed by atoms with van der Waals surface area (Å²) < 4.78 is 17.4. The van der Waals surface area contributed by atoms with Crippen LogP contribution >= 0.6 is 0 Å². The first-order valence-electron chi connectivity index (χ1n) is 10.7. The van der Waals surface area contributed by atoms with Gasteiger partial charge in [0.15, 0.2) is 17.5 Å². The smallest absolute Gasteiger partial charge is 0.213 e. The third kappa shape index (κ3) is 5.55. The highest BCUT2D eigenvalue weighted by Crippen LogP contribution is 2.32. The molecule has 7 heteroatoms. The summed E-state index contributed by atoms with van der Waals surface area (Å²) in [5.74, 6) is 3.28. The lowest BCUT2D eigenvalue weighted by molar-refractivity contribution is 0.130. The van der Waals surface area contributed by atoms with Gasteiger partial charge >= 0.3 is 0 Å². The molecule has 0 bridgehead atoms.